The molecule has 2 heterocycles. The minimum atomic E-state index is 0.453. The summed E-state index contributed by atoms with van der Waals surface area (Å²) in [6, 6.07) is 26.7. The predicted octanol–water partition coefficient (Wildman–Crippen LogP) is 7.67. The van der Waals surface area contributed by atoms with Crippen LogP contribution < -0.4 is 0 Å². The van der Waals surface area contributed by atoms with Crippen molar-refractivity contribution >= 4 is 65.2 Å². The first-order chi connectivity index (χ1) is 14.7. The zero-order valence-corrected chi connectivity index (χ0v) is 15.7. The van der Waals surface area contributed by atoms with Gasteiger partial charge < -0.3 is 0 Å². The predicted molar refractivity (Wildman–Crippen MR) is 120 cm³/mol. The summed E-state index contributed by atoms with van der Waals surface area (Å²) in [5, 5.41) is 7.12. The third-order valence-electron chi connectivity index (χ3n) is 6.32. The molecule has 0 N–H and O–H groups in total. The number of hydrogen-bond acceptors (Lipinski definition) is 0. The van der Waals surface area contributed by atoms with Gasteiger partial charge in [-0.25, -0.2) is 0 Å². The normalized spacial score (nSPS) is 12.3. The van der Waals surface area contributed by atoms with E-state index in [9.17, 15) is 0 Å². The summed E-state index contributed by atoms with van der Waals surface area (Å²) < 4.78 is 30.8. The first-order valence-corrected chi connectivity index (χ1v) is 9.87. The van der Waals surface area contributed by atoms with E-state index in [0.29, 0.717) is 22.1 Å². The Morgan fingerprint density at radius 3 is 1.23 bits per heavy atom. The fourth-order valence-electron chi connectivity index (χ4n) is 5.05. The Balaban J connectivity index is 1.91. The van der Waals surface area contributed by atoms with E-state index in [4.69, 9.17) is 0 Å². The molecule has 0 bridgehead atoms. The van der Waals surface area contributed by atoms with Crippen LogP contribution in [0.2, 0.25) is 0 Å². The van der Waals surface area contributed by atoms with Crippen molar-refractivity contribution in [3.8, 4) is 0 Å². The molecule has 7 aromatic rings. The van der Waals surface area contributed by atoms with Crippen LogP contribution in [0.4, 0.5) is 8.96 Å². The van der Waals surface area contributed by atoms with E-state index in [1.165, 1.54) is 0 Å². The molecule has 0 aliphatic heterocycles. The van der Waals surface area contributed by atoms with E-state index in [1.54, 1.807) is 24.3 Å². The zero-order chi connectivity index (χ0) is 20.0. The van der Waals surface area contributed by atoms with Gasteiger partial charge >= 0.3 is 0 Å². The summed E-state index contributed by atoms with van der Waals surface area (Å²) in [5.74, 6) is 0. The molecule has 30 heavy (non-hydrogen) atoms. The van der Waals surface area contributed by atoms with Crippen LogP contribution in [-0.2, 0) is 0 Å². The number of rotatable bonds is 0. The Bertz CT molecular complexity index is 1690. The fraction of sp³-hybridized carbons (Fsp3) is 0. The van der Waals surface area contributed by atoms with Crippen molar-refractivity contribution in [2.24, 2.45) is 0 Å². The Morgan fingerprint density at radius 2 is 0.767 bits per heavy atom. The van der Waals surface area contributed by atoms with Crippen LogP contribution in [0.1, 0.15) is 0 Å². The maximum Gasteiger partial charge on any atom is 0.0834 e. The van der Waals surface area contributed by atoms with E-state index in [0.717, 1.165) is 52.7 Å². The van der Waals surface area contributed by atoms with Gasteiger partial charge in [0.25, 0.3) is 0 Å². The van der Waals surface area contributed by atoms with Crippen LogP contribution >= 0.6 is 0 Å². The maximum atomic E-state index is 15.4. The van der Waals surface area contributed by atoms with Gasteiger partial charge in [0, 0.05) is 21.5 Å². The molecule has 0 spiro atoms. The van der Waals surface area contributed by atoms with Gasteiger partial charge in [-0.3, -0.25) is 0 Å². The largest absolute Gasteiger partial charge is 0.178 e. The summed E-state index contributed by atoms with van der Waals surface area (Å²) >= 11 is 0. The molecule has 0 saturated carbocycles. The topological polar surface area (TPSA) is 9.86 Å². The van der Waals surface area contributed by atoms with Crippen molar-refractivity contribution in [1.29, 1.82) is 0 Å². The average molecular weight is 392 g/mol. The van der Waals surface area contributed by atoms with Crippen molar-refractivity contribution in [3.05, 3.63) is 84.9 Å². The molecule has 0 saturated heterocycles. The van der Waals surface area contributed by atoms with Gasteiger partial charge in [0.2, 0.25) is 0 Å². The van der Waals surface area contributed by atoms with Gasteiger partial charge in [-0.05, 0) is 45.8 Å². The Hall–Kier alpha value is -3.92. The number of nitrogens with zero attached hydrogens (tertiary/aromatic N) is 2. The van der Waals surface area contributed by atoms with E-state index < -0.39 is 0 Å². The monoisotopic (exact) mass is 392 g/mol. The maximum absolute atomic E-state index is 15.4. The van der Waals surface area contributed by atoms with Gasteiger partial charge in [0.05, 0.1) is 22.1 Å². The van der Waals surface area contributed by atoms with Gasteiger partial charge in [-0.2, -0.15) is 9.58 Å². The lowest BCUT2D eigenvalue weighted by Crippen LogP contribution is -1.82. The molecule has 0 fully saturated rings. The zero-order valence-electron chi connectivity index (χ0n) is 15.7. The van der Waals surface area contributed by atoms with Crippen LogP contribution in [0.3, 0.4) is 0 Å². The van der Waals surface area contributed by atoms with E-state index in [-0.39, 0.29) is 0 Å². The van der Waals surface area contributed by atoms with E-state index in [1.807, 2.05) is 60.7 Å². The average Bonchev–Trinajstić information content (AvgIpc) is 3.26. The Labute approximate surface area is 169 Å². The van der Waals surface area contributed by atoms with E-state index >= 15 is 8.96 Å². The Morgan fingerprint density at radius 1 is 0.400 bits per heavy atom. The number of aromatic nitrogens is 2. The molecule has 0 unspecified atom stereocenters. The molecular weight excluding hydrogens is 378 g/mol. The second kappa shape index (κ2) is 5.36. The summed E-state index contributed by atoms with van der Waals surface area (Å²) in [6.45, 7) is 0. The summed E-state index contributed by atoms with van der Waals surface area (Å²) in [6.07, 6.45) is 0. The molecule has 5 aromatic carbocycles. The SMILES string of the molecule is Fn1c2ccc3ccccc3c2c2c3c4c5ccccc5ccc4n(F)c3ccc21. The second-order valence-electron chi connectivity index (χ2n) is 7.78. The van der Waals surface area contributed by atoms with Crippen molar-refractivity contribution in [2.45, 2.75) is 0 Å². The lowest BCUT2D eigenvalue weighted by molar-refractivity contribution is 0.403. The van der Waals surface area contributed by atoms with Crippen molar-refractivity contribution in [2.75, 3.05) is 0 Å². The van der Waals surface area contributed by atoms with Crippen LogP contribution in [-0.4, -0.2) is 9.58 Å². The molecule has 0 atom stereocenters. The fourth-order valence-corrected chi connectivity index (χ4v) is 5.05. The molecule has 0 aliphatic carbocycles. The van der Waals surface area contributed by atoms with Crippen molar-refractivity contribution in [1.82, 2.24) is 9.58 Å². The number of fused-ring (bicyclic) bond motifs is 11. The van der Waals surface area contributed by atoms with Crippen LogP contribution in [0.25, 0.3) is 65.2 Å². The molecule has 4 heteroatoms. The summed E-state index contributed by atoms with van der Waals surface area (Å²) in [7, 11) is 0. The molecule has 2 nitrogen and oxygen atoms in total. The number of hydrogen-bond donors (Lipinski definition) is 0. The lowest BCUT2D eigenvalue weighted by Gasteiger charge is -2.03. The smallest absolute Gasteiger partial charge is 0.0834 e. The third kappa shape index (κ3) is 1.77. The molecule has 0 aliphatic rings. The van der Waals surface area contributed by atoms with Crippen LogP contribution in [0, 0.1) is 0 Å². The Kier molecular flexibility index (Phi) is 2.85. The molecule has 0 radical (unpaired) electrons. The first kappa shape index (κ1) is 15.9. The quantitative estimate of drug-likeness (QED) is 0.251. The minimum Gasteiger partial charge on any atom is -0.178 e. The van der Waals surface area contributed by atoms with Crippen LogP contribution in [0.5, 0.6) is 0 Å². The van der Waals surface area contributed by atoms with E-state index in [2.05, 4.69) is 0 Å². The first-order valence-electron chi connectivity index (χ1n) is 9.87. The number of halogens is 2. The highest BCUT2D eigenvalue weighted by molar-refractivity contribution is 6.35. The van der Waals surface area contributed by atoms with Gasteiger partial charge in [0.15, 0.2) is 0 Å². The standard InChI is InChI=1S/C26H14F2N2/c27-29-19-11-9-15-5-1-3-7-17(15)23(19)25-21(29)13-14-22-26(25)24-18-8-4-2-6-16(18)10-12-20(24)30(22)28/h1-14H. The summed E-state index contributed by atoms with van der Waals surface area (Å²) in [4.78, 5) is 1.45. The van der Waals surface area contributed by atoms with Gasteiger partial charge in [-0.1, -0.05) is 69.6 Å². The molecule has 2 aromatic heterocycles. The number of benzene rings is 5. The molecule has 142 valence electrons. The second-order valence-corrected chi connectivity index (χ2v) is 7.78. The minimum absolute atomic E-state index is 0.453. The molecular formula is C26H14F2N2. The van der Waals surface area contributed by atoms with Crippen LogP contribution in [0.15, 0.2) is 84.9 Å². The lowest BCUT2D eigenvalue weighted by atomic mass is 9.98. The van der Waals surface area contributed by atoms with Gasteiger partial charge in [0.1, 0.15) is 0 Å². The van der Waals surface area contributed by atoms with Gasteiger partial charge in [-0.15, -0.1) is 0 Å². The van der Waals surface area contributed by atoms with Crippen molar-refractivity contribution < 1.29 is 8.96 Å². The van der Waals surface area contributed by atoms with Crippen molar-refractivity contribution in [3.63, 3.8) is 0 Å². The highest BCUT2D eigenvalue weighted by atomic mass is 19.2. The molecule has 7 rings (SSSR count). The third-order valence-corrected chi connectivity index (χ3v) is 6.32. The summed E-state index contributed by atoms with van der Waals surface area (Å²) in [5.41, 5.74) is 1.90. The molecule has 0 amide bonds. The highest BCUT2D eigenvalue weighted by Gasteiger charge is 2.21. The highest BCUT2D eigenvalue weighted by Crippen LogP contribution is 2.44.